The molecule has 1 saturated heterocycles. The Labute approximate surface area is 121 Å². The summed E-state index contributed by atoms with van der Waals surface area (Å²) in [4.78, 5) is 12.4. The lowest BCUT2D eigenvalue weighted by atomic mass is 10.1. The third-order valence-electron chi connectivity index (χ3n) is 3.26. The molecule has 1 N–H and O–H groups in total. The van der Waals surface area contributed by atoms with Crippen molar-refractivity contribution in [3.05, 3.63) is 32.3 Å². The van der Waals surface area contributed by atoms with E-state index in [-0.39, 0.29) is 11.7 Å². The fourth-order valence-corrected chi connectivity index (χ4v) is 2.96. The van der Waals surface area contributed by atoms with E-state index < -0.39 is 4.92 Å². The highest BCUT2D eigenvalue weighted by molar-refractivity contribution is 6.39. The van der Waals surface area contributed by atoms with Crippen LogP contribution in [0.3, 0.4) is 0 Å². The molecule has 1 aliphatic rings. The molecule has 1 aromatic rings. The number of hydrogen-bond acceptors (Lipinski definition) is 4. The lowest BCUT2D eigenvalue weighted by Gasteiger charge is -2.40. The van der Waals surface area contributed by atoms with Crippen LogP contribution in [0.4, 0.5) is 11.4 Å². The predicted octanol–water partition coefficient (Wildman–Crippen LogP) is 3.09. The maximum absolute atomic E-state index is 10.8. The molecule has 0 radical (unpaired) electrons. The van der Waals surface area contributed by atoms with Crippen molar-refractivity contribution in [2.24, 2.45) is 0 Å². The Kier molecular flexibility index (Phi) is 4.18. The molecule has 1 aromatic carbocycles. The first-order valence-corrected chi connectivity index (χ1v) is 6.79. The highest BCUT2D eigenvalue weighted by Crippen LogP contribution is 2.38. The van der Waals surface area contributed by atoms with Crippen LogP contribution in [0, 0.1) is 10.1 Å². The van der Waals surface area contributed by atoms with Gasteiger partial charge in [-0.05, 0) is 13.8 Å². The van der Waals surface area contributed by atoms with E-state index in [4.69, 9.17) is 23.2 Å². The average molecular weight is 304 g/mol. The summed E-state index contributed by atoms with van der Waals surface area (Å²) in [5.41, 5.74) is 0.587. The molecule has 2 unspecified atom stereocenters. The highest BCUT2D eigenvalue weighted by atomic mass is 35.5. The standard InChI is InChI=1S/C12H15Cl2N3O2/c1-7-6-16(8(2)5-15-7)12-10(13)3-9(17(18)19)4-11(12)14/h3-4,7-8,15H,5-6H2,1-2H3. The number of rotatable bonds is 2. The zero-order valence-corrected chi connectivity index (χ0v) is 12.2. The van der Waals surface area contributed by atoms with Crippen LogP contribution in [-0.2, 0) is 0 Å². The zero-order valence-electron chi connectivity index (χ0n) is 10.7. The van der Waals surface area contributed by atoms with Crippen molar-refractivity contribution < 1.29 is 4.92 Å². The van der Waals surface area contributed by atoms with Crippen LogP contribution in [0.15, 0.2) is 12.1 Å². The van der Waals surface area contributed by atoms with Gasteiger partial charge in [0, 0.05) is 37.3 Å². The van der Waals surface area contributed by atoms with E-state index in [1.165, 1.54) is 12.1 Å². The van der Waals surface area contributed by atoms with Gasteiger partial charge >= 0.3 is 0 Å². The molecule has 0 saturated carbocycles. The van der Waals surface area contributed by atoms with E-state index in [1.807, 2.05) is 0 Å². The summed E-state index contributed by atoms with van der Waals surface area (Å²) < 4.78 is 0. The smallest absolute Gasteiger partial charge is 0.272 e. The molecule has 7 heteroatoms. The van der Waals surface area contributed by atoms with Gasteiger partial charge in [0.25, 0.3) is 5.69 Å². The van der Waals surface area contributed by atoms with Crippen molar-refractivity contribution >= 4 is 34.6 Å². The first-order valence-electron chi connectivity index (χ1n) is 6.03. The van der Waals surface area contributed by atoms with Crippen molar-refractivity contribution in [2.45, 2.75) is 25.9 Å². The second-order valence-electron chi connectivity index (χ2n) is 4.83. The summed E-state index contributed by atoms with van der Waals surface area (Å²) >= 11 is 12.3. The van der Waals surface area contributed by atoms with Crippen LogP contribution in [0.2, 0.25) is 10.0 Å². The Balaban J connectivity index is 2.41. The van der Waals surface area contributed by atoms with Gasteiger partial charge in [0.15, 0.2) is 0 Å². The molecule has 2 rings (SSSR count). The van der Waals surface area contributed by atoms with Gasteiger partial charge in [0.05, 0.1) is 20.7 Å². The maximum atomic E-state index is 10.8. The van der Waals surface area contributed by atoms with Crippen LogP contribution < -0.4 is 10.2 Å². The Morgan fingerprint density at radius 3 is 2.47 bits per heavy atom. The monoisotopic (exact) mass is 303 g/mol. The number of halogens is 2. The van der Waals surface area contributed by atoms with Crippen LogP contribution in [0.1, 0.15) is 13.8 Å². The fraction of sp³-hybridized carbons (Fsp3) is 0.500. The van der Waals surface area contributed by atoms with E-state index in [0.717, 1.165) is 13.1 Å². The van der Waals surface area contributed by atoms with Crippen molar-refractivity contribution in [3.63, 3.8) is 0 Å². The Morgan fingerprint density at radius 2 is 1.95 bits per heavy atom. The Bertz CT molecular complexity index is 487. The largest absolute Gasteiger partial charge is 0.364 e. The quantitative estimate of drug-likeness (QED) is 0.674. The first kappa shape index (κ1) is 14.4. The molecule has 1 heterocycles. The normalized spacial score (nSPS) is 23.5. The third kappa shape index (κ3) is 2.94. The predicted molar refractivity (Wildman–Crippen MR) is 77.4 cm³/mol. The third-order valence-corrected chi connectivity index (χ3v) is 3.84. The SMILES string of the molecule is CC1CN(c2c(Cl)cc([N+](=O)[O-])cc2Cl)C(C)CN1. The van der Waals surface area contributed by atoms with Gasteiger partial charge in [-0.1, -0.05) is 23.2 Å². The number of nitrogens with zero attached hydrogens (tertiary/aromatic N) is 2. The van der Waals surface area contributed by atoms with Gasteiger partial charge < -0.3 is 10.2 Å². The van der Waals surface area contributed by atoms with Crippen LogP contribution in [0.25, 0.3) is 0 Å². The molecular formula is C12H15Cl2N3O2. The molecule has 104 valence electrons. The van der Waals surface area contributed by atoms with E-state index in [1.54, 1.807) is 0 Å². The molecule has 5 nitrogen and oxygen atoms in total. The minimum Gasteiger partial charge on any atom is -0.364 e. The van der Waals surface area contributed by atoms with E-state index in [2.05, 4.69) is 24.1 Å². The molecule has 19 heavy (non-hydrogen) atoms. The molecule has 0 spiro atoms. The highest BCUT2D eigenvalue weighted by Gasteiger charge is 2.27. The maximum Gasteiger partial charge on any atom is 0.272 e. The second-order valence-corrected chi connectivity index (χ2v) is 5.64. The number of hydrogen-bond donors (Lipinski definition) is 1. The number of benzene rings is 1. The van der Waals surface area contributed by atoms with Gasteiger partial charge in [-0.2, -0.15) is 0 Å². The van der Waals surface area contributed by atoms with Gasteiger partial charge in [-0.25, -0.2) is 0 Å². The zero-order chi connectivity index (χ0) is 14.2. The van der Waals surface area contributed by atoms with Crippen molar-refractivity contribution in [3.8, 4) is 0 Å². The molecule has 2 atom stereocenters. The minimum absolute atomic E-state index is 0.0883. The summed E-state index contributed by atoms with van der Waals surface area (Å²) in [5.74, 6) is 0. The van der Waals surface area contributed by atoms with Crippen molar-refractivity contribution in [1.82, 2.24) is 5.32 Å². The minimum atomic E-state index is -0.495. The van der Waals surface area contributed by atoms with E-state index in [9.17, 15) is 10.1 Å². The molecule has 0 aliphatic carbocycles. The fourth-order valence-electron chi connectivity index (χ4n) is 2.27. The molecule has 1 aliphatic heterocycles. The Hall–Kier alpha value is -1.04. The molecule has 0 amide bonds. The number of nitrogens with one attached hydrogen (secondary N) is 1. The topological polar surface area (TPSA) is 58.4 Å². The Morgan fingerprint density at radius 1 is 1.37 bits per heavy atom. The molecule has 1 fully saturated rings. The van der Waals surface area contributed by atoms with E-state index in [0.29, 0.717) is 21.8 Å². The number of nitro benzene ring substituents is 1. The number of non-ortho nitro benzene ring substituents is 1. The summed E-state index contributed by atoms with van der Waals surface area (Å²) in [6.45, 7) is 5.72. The molecule has 0 aromatic heterocycles. The van der Waals surface area contributed by atoms with E-state index >= 15 is 0 Å². The molecular weight excluding hydrogens is 289 g/mol. The summed E-state index contributed by atoms with van der Waals surface area (Å²) in [5, 5.41) is 14.8. The average Bonchev–Trinajstić information content (AvgIpc) is 2.32. The summed E-state index contributed by atoms with van der Waals surface area (Å²) in [7, 11) is 0. The van der Waals surface area contributed by atoms with Crippen molar-refractivity contribution in [2.75, 3.05) is 18.0 Å². The number of nitro groups is 1. The number of anilines is 1. The van der Waals surface area contributed by atoms with Gasteiger partial charge in [-0.3, -0.25) is 10.1 Å². The summed E-state index contributed by atoms with van der Waals surface area (Å²) in [6, 6.07) is 3.25. The van der Waals surface area contributed by atoms with Crippen molar-refractivity contribution in [1.29, 1.82) is 0 Å². The van der Waals surface area contributed by atoms with Crippen LogP contribution in [-0.4, -0.2) is 30.1 Å². The van der Waals surface area contributed by atoms with Crippen LogP contribution >= 0.6 is 23.2 Å². The number of piperazine rings is 1. The van der Waals surface area contributed by atoms with Gasteiger partial charge in [-0.15, -0.1) is 0 Å². The molecule has 0 bridgehead atoms. The summed E-state index contributed by atoms with van der Waals surface area (Å²) in [6.07, 6.45) is 0. The second kappa shape index (κ2) is 5.53. The van der Waals surface area contributed by atoms with Crippen LogP contribution in [0.5, 0.6) is 0 Å². The lowest BCUT2D eigenvalue weighted by Crippen LogP contribution is -2.54. The first-order chi connectivity index (χ1) is 8.90. The van der Waals surface area contributed by atoms with Gasteiger partial charge in [0.1, 0.15) is 0 Å². The lowest BCUT2D eigenvalue weighted by molar-refractivity contribution is -0.384. The van der Waals surface area contributed by atoms with Gasteiger partial charge in [0.2, 0.25) is 0 Å².